The van der Waals surface area contributed by atoms with E-state index in [1.807, 2.05) is 0 Å². The number of pyridine rings is 1. The normalized spacial score (nSPS) is 10.8. The Balaban J connectivity index is 2.07. The van der Waals surface area contributed by atoms with Gasteiger partial charge in [-0.05, 0) is 30.3 Å². The Kier molecular flexibility index (Phi) is 5.37. The Labute approximate surface area is 143 Å². The molecule has 126 valence electrons. The number of hydrazine groups is 1. The van der Waals surface area contributed by atoms with Gasteiger partial charge >= 0.3 is 0 Å². The van der Waals surface area contributed by atoms with Gasteiger partial charge in [-0.25, -0.2) is 8.42 Å². The third-order valence-corrected chi connectivity index (χ3v) is 3.66. The number of amides is 2. The van der Waals surface area contributed by atoms with E-state index in [2.05, 4.69) is 20.6 Å². The molecule has 8 nitrogen and oxygen atoms in total. The van der Waals surface area contributed by atoms with Gasteiger partial charge in [-0.15, -0.1) is 0 Å². The molecule has 2 aromatic rings. The van der Waals surface area contributed by atoms with Crippen LogP contribution >= 0.6 is 11.6 Å². The largest absolute Gasteiger partial charge is 0.282 e. The Morgan fingerprint density at radius 3 is 2.33 bits per heavy atom. The number of carbonyl (C=O) groups excluding carboxylic acids is 2. The zero-order chi connectivity index (χ0) is 17.7. The van der Waals surface area contributed by atoms with E-state index < -0.39 is 21.8 Å². The fraction of sp³-hybridized carbons (Fsp3) is 0.0714. The zero-order valence-electron chi connectivity index (χ0n) is 12.4. The maximum Gasteiger partial charge on any atom is 0.271 e. The van der Waals surface area contributed by atoms with Gasteiger partial charge in [-0.1, -0.05) is 11.6 Å². The number of sulfonamides is 1. The van der Waals surface area contributed by atoms with Gasteiger partial charge in [0.2, 0.25) is 10.0 Å². The highest BCUT2D eigenvalue weighted by molar-refractivity contribution is 7.92. The van der Waals surface area contributed by atoms with E-state index in [-0.39, 0.29) is 21.8 Å². The highest BCUT2D eigenvalue weighted by atomic mass is 35.5. The molecule has 0 aliphatic rings. The van der Waals surface area contributed by atoms with E-state index in [9.17, 15) is 18.0 Å². The van der Waals surface area contributed by atoms with Crippen molar-refractivity contribution in [2.75, 3.05) is 11.0 Å². The molecule has 0 unspecified atom stereocenters. The van der Waals surface area contributed by atoms with Crippen LogP contribution in [-0.2, 0) is 10.0 Å². The summed E-state index contributed by atoms with van der Waals surface area (Å²) in [6.07, 6.45) is 3.82. The molecule has 0 saturated heterocycles. The first-order valence-corrected chi connectivity index (χ1v) is 8.81. The van der Waals surface area contributed by atoms with E-state index in [0.29, 0.717) is 0 Å². The maximum atomic E-state index is 12.0. The van der Waals surface area contributed by atoms with Gasteiger partial charge in [0.25, 0.3) is 11.8 Å². The van der Waals surface area contributed by atoms with Crippen molar-refractivity contribution in [2.45, 2.75) is 0 Å². The summed E-state index contributed by atoms with van der Waals surface area (Å²) in [7, 11) is -3.55. The fourth-order valence-corrected chi connectivity index (χ4v) is 2.49. The lowest BCUT2D eigenvalue weighted by molar-refractivity contribution is 0.0846. The number of halogens is 1. The lowest BCUT2D eigenvalue weighted by atomic mass is 10.2. The monoisotopic (exact) mass is 368 g/mol. The van der Waals surface area contributed by atoms with Gasteiger partial charge in [0.05, 0.1) is 22.5 Å². The average Bonchev–Trinajstić information content (AvgIpc) is 2.54. The molecule has 0 saturated carbocycles. The van der Waals surface area contributed by atoms with Crippen LogP contribution in [-0.4, -0.2) is 31.5 Å². The van der Waals surface area contributed by atoms with E-state index in [0.717, 1.165) is 6.26 Å². The van der Waals surface area contributed by atoms with Crippen LogP contribution in [0.4, 0.5) is 5.69 Å². The molecule has 0 bridgehead atoms. The molecule has 3 N–H and O–H groups in total. The molecule has 0 aliphatic carbocycles. The predicted molar refractivity (Wildman–Crippen MR) is 89.1 cm³/mol. The predicted octanol–water partition coefficient (Wildman–Crippen LogP) is 1.18. The second-order valence-electron chi connectivity index (χ2n) is 4.72. The van der Waals surface area contributed by atoms with Crippen molar-refractivity contribution >= 4 is 39.1 Å². The Bertz CT molecular complexity index is 872. The topological polar surface area (TPSA) is 117 Å². The Hall–Kier alpha value is -2.65. The highest BCUT2D eigenvalue weighted by Gasteiger charge is 2.13. The van der Waals surface area contributed by atoms with Crippen LogP contribution in [0.3, 0.4) is 0 Å². The minimum Gasteiger partial charge on any atom is -0.282 e. The first-order valence-electron chi connectivity index (χ1n) is 6.54. The van der Waals surface area contributed by atoms with Crippen molar-refractivity contribution < 1.29 is 18.0 Å². The van der Waals surface area contributed by atoms with Crippen LogP contribution < -0.4 is 15.6 Å². The summed E-state index contributed by atoms with van der Waals surface area (Å²) >= 11 is 5.88. The average molecular weight is 369 g/mol. The first kappa shape index (κ1) is 17.7. The van der Waals surface area contributed by atoms with Crippen LogP contribution in [0.15, 0.2) is 42.7 Å². The molecular weight excluding hydrogens is 356 g/mol. The van der Waals surface area contributed by atoms with Crippen molar-refractivity contribution in [1.29, 1.82) is 0 Å². The van der Waals surface area contributed by atoms with Gasteiger partial charge in [0.1, 0.15) is 0 Å². The van der Waals surface area contributed by atoms with Crippen LogP contribution in [0.2, 0.25) is 5.02 Å². The second-order valence-corrected chi connectivity index (χ2v) is 6.87. The van der Waals surface area contributed by atoms with Crippen molar-refractivity contribution in [3.63, 3.8) is 0 Å². The van der Waals surface area contributed by atoms with Crippen LogP contribution in [0, 0.1) is 0 Å². The second kappa shape index (κ2) is 7.28. The van der Waals surface area contributed by atoms with Crippen molar-refractivity contribution in [1.82, 2.24) is 15.8 Å². The molecule has 0 atom stereocenters. The van der Waals surface area contributed by atoms with Crippen LogP contribution in [0.25, 0.3) is 0 Å². The fourth-order valence-electron chi connectivity index (χ4n) is 1.70. The molecule has 2 rings (SSSR count). The van der Waals surface area contributed by atoms with Crippen LogP contribution in [0.1, 0.15) is 20.7 Å². The molecule has 0 fully saturated rings. The summed E-state index contributed by atoms with van der Waals surface area (Å²) in [5.41, 5.74) is 4.89. The summed E-state index contributed by atoms with van der Waals surface area (Å²) in [5, 5.41) is 0.136. The van der Waals surface area contributed by atoms with E-state index in [1.165, 1.54) is 36.7 Å². The molecule has 24 heavy (non-hydrogen) atoms. The number of aromatic nitrogens is 1. The SMILES string of the molecule is CS(=O)(=O)Nc1cc(C(=O)NNC(=O)c2cccnc2)ccc1Cl. The Morgan fingerprint density at radius 1 is 1.08 bits per heavy atom. The van der Waals surface area contributed by atoms with Gasteiger partial charge in [0.15, 0.2) is 0 Å². The van der Waals surface area contributed by atoms with Crippen LogP contribution in [0.5, 0.6) is 0 Å². The standard InChI is InChI=1S/C14H13ClN4O4S/c1-24(22,23)19-12-7-9(4-5-11(12)15)13(20)17-18-14(21)10-3-2-6-16-8-10/h2-8,19H,1H3,(H,17,20)(H,18,21). The van der Waals surface area contributed by atoms with E-state index >= 15 is 0 Å². The molecule has 0 aliphatic heterocycles. The van der Waals surface area contributed by atoms with Crippen molar-refractivity contribution in [2.24, 2.45) is 0 Å². The lowest BCUT2D eigenvalue weighted by Gasteiger charge is -2.10. The molecule has 1 aromatic carbocycles. The quantitative estimate of drug-likeness (QED) is 0.700. The molecular formula is C14H13ClN4O4S. The number of rotatable bonds is 4. The number of anilines is 1. The molecule has 1 heterocycles. The summed E-state index contributed by atoms with van der Waals surface area (Å²) in [4.78, 5) is 27.7. The number of hydrogen-bond acceptors (Lipinski definition) is 5. The molecule has 0 spiro atoms. The molecule has 2 amide bonds. The lowest BCUT2D eigenvalue weighted by Crippen LogP contribution is -2.41. The minimum atomic E-state index is -3.55. The maximum absolute atomic E-state index is 12.0. The van der Waals surface area contributed by atoms with E-state index in [4.69, 9.17) is 11.6 Å². The third kappa shape index (κ3) is 4.93. The highest BCUT2D eigenvalue weighted by Crippen LogP contribution is 2.23. The zero-order valence-corrected chi connectivity index (χ0v) is 14.0. The molecule has 10 heteroatoms. The summed E-state index contributed by atoms with van der Waals surface area (Å²) in [5.74, 6) is -1.18. The first-order chi connectivity index (χ1) is 11.3. The summed E-state index contributed by atoms with van der Waals surface area (Å²) in [6.45, 7) is 0. The number of nitrogens with one attached hydrogen (secondary N) is 3. The number of hydrogen-bond donors (Lipinski definition) is 3. The number of nitrogens with zero attached hydrogens (tertiary/aromatic N) is 1. The van der Waals surface area contributed by atoms with Gasteiger partial charge in [-0.2, -0.15) is 0 Å². The smallest absolute Gasteiger partial charge is 0.271 e. The Morgan fingerprint density at radius 2 is 1.75 bits per heavy atom. The van der Waals surface area contributed by atoms with Gasteiger partial charge in [-0.3, -0.25) is 30.1 Å². The number of carbonyl (C=O) groups is 2. The minimum absolute atomic E-state index is 0.0606. The summed E-state index contributed by atoms with van der Waals surface area (Å²) in [6, 6.07) is 7.13. The molecule has 1 aromatic heterocycles. The number of benzene rings is 1. The van der Waals surface area contributed by atoms with Gasteiger partial charge in [0, 0.05) is 18.0 Å². The third-order valence-electron chi connectivity index (χ3n) is 2.74. The molecule has 0 radical (unpaired) electrons. The van der Waals surface area contributed by atoms with E-state index in [1.54, 1.807) is 6.07 Å². The summed E-state index contributed by atoms with van der Waals surface area (Å²) < 4.78 is 24.7. The van der Waals surface area contributed by atoms with Crippen molar-refractivity contribution in [3.8, 4) is 0 Å². The van der Waals surface area contributed by atoms with Gasteiger partial charge < -0.3 is 0 Å². The van der Waals surface area contributed by atoms with Crippen molar-refractivity contribution in [3.05, 3.63) is 58.9 Å².